The molecule has 0 aliphatic carbocycles. The molecule has 8 nitrogen and oxygen atoms in total. The molecule has 2 fully saturated rings. The zero-order valence-electron chi connectivity index (χ0n) is 20.1. The van der Waals surface area contributed by atoms with Crippen molar-refractivity contribution >= 4 is 46.1 Å². The molecule has 0 radical (unpaired) electrons. The van der Waals surface area contributed by atoms with E-state index in [2.05, 4.69) is 26.8 Å². The molecule has 35 heavy (non-hydrogen) atoms. The monoisotopic (exact) mass is 515 g/mol. The Kier molecular flexibility index (Phi) is 6.88. The minimum absolute atomic E-state index is 0.105. The van der Waals surface area contributed by atoms with Crippen molar-refractivity contribution in [3.63, 3.8) is 0 Å². The van der Waals surface area contributed by atoms with E-state index in [4.69, 9.17) is 33.9 Å². The summed E-state index contributed by atoms with van der Waals surface area (Å²) in [5.74, 6) is 0.673. The Morgan fingerprint density at radius 3 is 2.63 bits per heavy atom. The topological polar surface area (TPSA) is 93.2 Å². The average molecular weight is 516 g/mol. The van der Waals surface area contributed by atoms with Crippen LogP contribution in [0, 0.1) is 5.92 Å². The van der Waals surface area contributed by atoms with Gasteiger partial charge in [-0.15, -0.1) is 0 Å². The third-order valence-corrected chi connectivity index (χ3v) is 8.01. The lowest BCUT2D eigenvalue weighted by Crippen LogP contribution is -2.51. The molecule has 10 heteroatoms. The molecule has 3 aromatic rings. The lowest BCUT2D eigenvalue weighted by atomic mass is 9.91. The number of fused-ring (bicyclic) bond motifs is 1. The molecule has 0 saturated carbocycles. The second-order valence-electron chi connectivity index (χ2n) is 9.78. The molecule has 1 amide bonds. The fourth-order valence-electron chi connectivity index (χ4n) is 5.59. The number of primary amides is 1. The minimum Gasteiger partial charge on any atom is -0.364 e. The SMILES string of the molecule is CC1CN(c2cnc3c(C(N)=O)nn([C@H](C)c4ccc(Cl)cc4Cl)c3n2)CCC1N1CCCCC1. The number of nitrogens with two attached hydrogens (primary N) is 1. The first-order valence-corrected chi connectivity index (χ1v) is 13.1. The molecule has 3 atom stereocenters. The van der Waals surface area contributed by atoms with Gasteiger partial charge in [-0.1, -0.05) is 42.6 Å². The number of piperidine rings is 2. The Hall–Kier alpha value is -2.42. The summed E-state index contributed by atoms with van der Waals surface area (Å²) in [7, 11) is 0. The van der Waals surface area contributed by atoms with Crippen LogP contribution in [-0.2, 0) is 0 Å². The number of halogens is 2. The Labute approximate surface area is 215 Å². The Balaban J connectivity index is 1.46. The fraction of sp³-hybridized carbons (Fsp3) is 0.520. The van der Waals surface area contributed by atoms with Crippen molar-refractivity contribution in [3.8, 4) is 0 Å². The third-order valence-electron chi connectivity index (χ3n) is 7.45. The number of carbonyl (C=O) groups is 1. The highest BCUT2D eigenvalue weighted by Crippen LogP contribution is 2.32. The lowest BCUT2D eigenvalue weighted by Gasteiger charge is -2.44. The van der Waals surface area contributed by atoms with Crippen LogP contribution < -0.4 is 10.6 Å². The molecule has 0 spiro atoms. The lowest BCUT2D eigenvalue weighted by molar-refractivity contribution is 0.0996. The molecule has 2 aliphatic rings. The van der Waals surface area contributed by atoms with Crippen LogP contribution in [0.2, 0.25) is 10.0 Å². The summed E-state index contributed by atoms with van der Waals surface area (Å²) in [6.07, 6.45) is 6.78. The summed E-state index contributed by atoms with van der Waals surface area (Å²) in [5.41, 5.74) is 7.46. The fourth-order valence-corrected chi connectivity index (χ4v) is 6.16. The molecule has 4 heterocycles. The zero-order chi connectivity index (χ0) is 24.7. The Morgan fingerprint density at radius 1 is 1.17 bits per heavy atom. The smallest absolute Gasteiger partial charge is 0.271 e. The van der Waals surface area contributed by atoms with Crippen LogP contribution in [-0.4, -0.2) is 62.8 Å². The summed E-state index contributed by atoms with van der Waals surface area (Å²) in [6, 6.07) is 5.65. The predicted molar refractivity (Wildman–Crippen MR) is 139 cm³/mol. The number of rotatable bonds is 5. The molecular formula is C25H31Cl2N7O. The molecule has 5 rings (SSSR count). The van der Waals surface area contributed by atoms with E-state index in [9.17, 15) is 4.79 Å². The van der Waals surface area contributed by atoms with E-state index in [0.29, 0.717) is 33.2 Å². The number of aromatic nitrogens is 4. The second-order valence-corrected chi connectivity index (χ2v) is 10.6. The number of anilines is 1. The number of benzene rings is 1. The highest BCUT2D eigenvalue weighted by molar-refractivity contribution is 6.35. The minimum atomic E-state index is -0.638. The van der Waals surface area contributed by atoms with Gasteiger partial charge in [0.1, 0.15) is 11.3 Å². The molecule has 2 saturated heterocycles. The van der Waals surface area contributed by atoms with Crippen LogP contribution in [0.4, 0.5) is 5.82 Å². The van der Waals surface area contributed by atoms with Crippen LogP contribution in [0.25, 0.3) is 11.2 Å². The van der Waals surface area contributed by atoms with E-state index >= 15 is 0 Å². The summed E-state index contributed by atoms with van der Waals surface area (Å²) in [5, 5.41) is 5.58. The highest BCUT2D eigenvalue weighted by atomic mass is 35.5. The molecule has 2 N–H and O–H groups in total. The number of amides is 1. The largest absolute Gasteiger partial charge is 0.364 e. The zero-order valence-corrected chi connectivity index (χ0v) is 21.6. The Bertz CT molecular complexity index is 1240. The number of likely N-dealkylation sites (tertiary alicyclic amines) is 1. The van der Waals surface area contributed by atoms with Crippen LogP contribution in [0.1, 0.15) is 61.6 Å². The van der Waals surface area contributed by atoms with E-state index in [1.807, 2.05) is 13.0 Å². The highest BCUT2D eigenvalue weighted by Gasteiger charge is 2.32. The maximum absolute atomic E-state index is 12.1. The number of hydrogen-bond donors (Lipinski definition) is 1. The van der Waals surface area contributed by atoms with Gasteiger partial charge in [-0.2, -0.15) is 5.10 Å². The van der Waals surface area contributed by atoms with Crippen LogP contribution in [0.3, 0.4) is 0 Å². The van der Waals surface area contributed by atoms with Crippen molar-refractivity contribution in [1.29, 1.82) is 0 Å². The molecular weight excluding hydrogens is 485 g/mol. The predicted octanol–water partition coefficient (Wildman–Crippen LogP) is 4.54. The van der Waals surface area contributed by atoms with Crippen molar-refractivity contribution < 1.29 is 4.79 Å². The number of hydrogen-bond acceptors (Lipinski definition) is 6. The molecule has 186 valence electrons. The summed E-state index contributed by atoms with van der Waals surface area (Å²) >= 11 is 12.6. The van der Waals surface area contributed by atoms with Gasteiger partial charge in [0.2, 0.25) is 0 Å². The normalized spacial score (nSPS) is 22.5. The summed E-state index contributed by atoms with van der Waals surface area (Å²) < 4.78 is 1.69. The van der Waals surface area contributed by atoms with E-state index in [1.165, 1.54) is 32.4 Å². The van der Waals surface area contributed by atoms with Crippen molar-refractivity contribution in [3.05, 3.63) is 45.7 Å². The van der Waals surface area contributed by atoms with Gasteiger partial charge in [-0.05, 0) is 62.9 Å². The first-order chi connectivity index (χ1) is 16.8. The van der Waals surface area contributed by atoms with Gasteiger partial charge in [0, 0.05) is 29.2 Å². The van der Waals surface area contributed by atoms with E-state index in [0.717, 1.165) is 30.9 Å². The number of carbonyl (C=O) groups excluding carboxylic acids is 1. The maximum atomic E-state index is 12.1. The third kappa shape index (κ3) is 4.71. The van der Waals surface area contributed by atoms with Crippen molar-refractivity contribution in [1.82, 2.24) is 24.6 Å². The van der Waals surface area contributed by atoms with E-state index < -0.39 is 5.91 Å². The van der Waals surface area contributed by atoms with Gasteiger partial charge in [0.05, 0.1) is 12.2 Å². The molecule has 1 aromatic carbocycles. The summed E-state index contributed by atoms with van der Waals surface area (Å²) in [4.78, 5) is 26.6. The summed E-state index contributed by atoms with van der Waals surface area (Å²) in [6.45, 7) is 8.53. The first-order valence-electron chi connectivity index (χ1n) is 12.3. The Morgan fingerprint density at radius 2 is 1.94 bits per heavy atom. The first kappa shape index (κ1) is 24.3. The van der Waals surface area contributed by atoms with Crippen LogP contribution in [0.15, 0.2) is 24.4 Å². The second kappa shape index (κ2) is 9.91. The van der Waals surface area contributed by atoms with Crippen LogP contribution in [0.5, 0.6) is 0 Å². The molecule has 0 bridgehead atoms. The van der Waals surface area contributed by atoms with Gasteiger partial charge in [0.15, 0.2) is 11.3 Å². The standard InChI is InChI=1S/C25H31Cl2N7O/c1-15-14-33(11-8-20(15)32-9-4-3-5-10-32)21-13-29-23-22(24(28)35)31-34(25(23)30-21)16(2)18-7-6-17(26)12-19(18)27/h6-7,12-13,15-16,20H,3-5,8-11,14H2,1-2H3,(H2,28,35)/t15?,16-,20?/m1/s1. The van der Waals surface area contributed by atoms with E-state index in [1.54, 1.807) is 23.0 Å². The van der Waals surface area contributed by atoms with E-state index in [-0.39, 0.29) is 11.7 Å². The van der Waals surface area contributed by atoms with Crippen molar-refractivity contribution in [2.24, 2.45) is 11.7 Å². The van der Waals surface area contributed by atoms with Crippen LogP contribution >= 0.6 is 23.2 Å². The van der Waals surface area contributed by atoms with Gasteiger partial charge >= 0.3 is 0 Å². The van der Waals surface area contributed by atoms with Gasteiger partial charge in [-0.3, -0.25) is 9.69 Å². The maximum Gasteiger partial charge on any atom is 0.271 e. The van der Waals surface area contributed by atoms with Crippen molar-refractivity contribution in [2.45, 2.75) is 51.6 Å². The molecule has 2 aromatic heterocycles. The quantitative estimate of drug-likeness (QED) is 0.535. The van der Waals surface area contributed by atoms with Gasteiger partial charge in [-0.25, -0.2) is 14.6 Å². The number of nitrogens with zero attached hydrogens (tertiary/aromatic N) is 6. The molecule has 2 unspecified atom stereocenters. The van der Waals surface area contributed by atoms with Crippen molar-refractivity contribution in [2.75, 3.05) is 31.1 Å². The van der Waals surface area contributed by atoms with Gasteiger partial charge < -0.3 is 10.6 Å². The molecule has 2 aliphatic heterocycles. The van der Waals surface area contributed by atoms with Gasteiger partial charge in [0.25, 0.3) is 5.91 Å². The average Bonchev–Trinajstić information content (AvgIpc) is 3.23.